The lowest BCUT2D eigenvalue weighted by Gasteiger charge is -2.09. The smallest absolute Gasteiger partial charge is 0.322 e. The van der Waals surface area contributed by atoms with Gasteiger partial charge >= 0.3 is 5.97 Å². The summed E-state index contributed by atoms with van der Waals surface area (Å²) >= 11 is 0. The molecule has 1 atom stereocenters. The molecule has 0 bridgehead atoms. The summed E-state index contributed by atoms with van der Waals surface area (Å²) in [5, 5.41) is 0. The van der Waals surface area contributed by atoms with Gasteiger partial charge in [-0.3, -0.25) is 4.79 Å². The molecule has 0 heterocycles. The van der Waals surface area contributed by atoms with E-state index in [1.165, 1.54) is 7.11 Å². The number of ether oxygens (including phenoxy) is 1. The molecule has 64 valence electrons. The number of carbonyl (C=O) groups is 1. The fourth-order valence-electron chi connectivity index (χ4n) is 0.690. The molecular weight excluding hydrogens is 142 g/mol. The van der Waals surface area contributed by atoms with Crippen LogP contribution in [0.5, 0.6) is 0 Å². The molecule has 0 amide bonds. The minimum atomic E-state index is -0.549. The van der Waals surface area contributed by atoms with Crippen LogP contribution in [-0.2, 0) is 9.53 Å². The quantitative estimate of drug-likeness (QED) is 0.486. The van der Waals surface area contributed by atoms with Crippen LogP contribution in [0, 0.1) is 0 Å². The maximum Gasteiger partial charge on any atom is 0.322 e. The third-order valence-electron chi connectivity index (χ3n) is 1.51. The minimum absolute atomic E-state index is 0.375. The van der Waals surface area contributed by atoms with Crippen LogP contribution >= 0.6 is 0 Å². The van der Waals surface area contributed by atoms with Gasteiger partial charge in [0.15, 0.2) is 0 Å². The van der Waals surface area contributed by atoms with Gasteiger partial charge in [-0.15, -0.1) is 0 Å². The van der Waals surface area contributed by atoms with Gasteiger partial charge in [0, 0.05) is 0 Å². The van der Waals surface area contributed by atoms with Gasteiger partial charge in [-0.1, -0.05) is 19.1 Å². The maximum absolute atomic E-state index is 10.8. The Morgan fingerprint density at radius 3 is 2.64 bits per heavy atom. The number of hydrogen-bond acceptors (Lipinski definition) is 3. The molecule has 0 aliphatic heterocycles. The summed E-state index contributed by atoms with van der Waals surface area (Å²) in [6, 6.07) is -0.549. The molecule has 0 saturated carbocycles. The van der Waals surface area contributed by atoms with Gasteiger partial charge in [0.1, 0.15) is 6.04 Å². The average Bonchev–Trinajstić information content (AvgIpc) is 2.02. The molecule has 0 rings (SSSR count). The van der Waals surface area contributed by atoms with Crippen molar-refractivity contribution in [1.82, 2.24) is 0 Å². The van der Waals surface area contributed by atoms with E-state index in [2.05, 4.69) is 11.3 Å². The SMILES string of the molecule is C=C(CC)C[C@H](N)C(=O)OC. The van der Waals surface area contributed by atoms with E-state index in [9.17, 15) is 4.79 Å². The van der Waals surface area contributed by atoms with Crippen molar-refractivity contribution in [1.29, 1.82) is 0 Å². The van der Waals surface area contributed by atoms with Crippen molar-refractivity contribution in [3.05, 3.63) is 12.2 Å². The number of nitrogens with two attached hydrogens (primary N) is 1. The Kier molecular flexibility index (Phi) is 4.54. The molecule has 0 aromatic rings. The van der Waals surface area contributed by atoms with E-state index in [-0.39, 0.29) is 5.97 Å². The Morgan fingerprint density at radius 2 is 2.27 bits per heavy atom. The Bertz CT molecular complexity index is 154. The summed E-state index contributed by atoms with van der Waals surface area (Å²) in [5.41, 5.74) is 6.44. The van der Waals surface area contributed by atoms with Crippen LogP contribution in [0.15, 0.2) is 12.2 Å². The molecule has 0 radical (unpaired) electrons. The van der Waals surface area contributed by atoms with Crippen LogP contribution in [-0.4, -0.2) is 19.1 Å². The van der Waals surface area contributed by atoms with Crippen LogP contribution in [0.1, 0.15) is 19.8 Å². The normalized spacial score (nSPS) is 12.3. The molecule has 0 aliphatic rings. The molecule has 0 saturated heterocycles. The molecule has 0 spiro atoms. The number of hydrogen-bond donors (Lipinski definition) is 1. The van der Waals surface area contributed by atoms with E-state index in [1.807, 2.05) is 6.92 Å². The van der Waals surface area contributed by atoms with E-state index < -0.39 is 6.04 Å². The zero-order valence-electron chi connectivity index (χ0n) is 7.09. The fourth-order valence-corrected chi connectivity index (χ4v) is 0.690. The van der Waals surface area contributed by atoms with Crippen molar-refractivity contribution in [2.45, 2.75) is 25.8 Å². The molecule has 0 aromatic heterocycles. The molecule has 3 nitrogen and oxygen atoms in total. The lowest BCUT2D eigenvalue weighted by molar-refractivity contribution is -0.142. The van der Waals surface area contributed by atoms with Crippen molar-refractivity contribution >= 4 is 5.97 Å². The average molecular weight is 157 g/mol. The van der Waals surface area contributed by atoms with Gasteiger partial charge in [0.05, 0.1) is 7.11 Å². The highest BCUT2D eigenvalue weighted by Gasteiger charge is 2.13. The van der Waals surface area contributed by atoms with Gasteiger partial charge in [-0.2, -0.15) is 0 Å². The van der Waals surface area contributed by atoms with Gasteiger partial charge in [0.25, 0.3) is 0 Å². The zero-order chi connectivity index (χ0) is 8.85. The lowest BCUT2D eigenvalue weighted by atomic mass is 10.1. The molecular formula is C8H15NO2. The number of rotatable bonds is 4. The summed E-state index contributed by atoms with van der Waals surface area (Å²) < 4.78 is 4.45. The number of methoxy groups -OCH3 is 1. The standard InChI is InChI=1S/C8H15NO2/c1-4-6(2)5-7(9)8(10)11-3/h7H,2,4-5,9H2,1,3H3/t7-/m0/s1. The Balaban J connectivity index is 3.77. The second kappa shape index (κ2) is 4.91. The molecule has 0 aliphatic carbocycles. The highest BCUT2D eigenvalue weighted by atomic mass is 16.5. The van der Waals surface area contributed by atoms with E-state index in [4.69, 9.17) is 5.73 Å². The molecule has 0 fully saturated rings. The Morgan fingerprint density at radius 1 is 1.73 bits per heavy atom. The van der Waals surface area contributed by atoms with Gasteiger partial charge in [-0.25, -0.2) is 0 Å². The van der Waals surface area contributed by atoms with Crippen molar-refractivity contribution in [3.8, 4) is 0 Å². The molecule has 3 heteroatoms. The van der Waals surface area contributed by atoms with Crippen molar-refractivity contribution < 1.29 is 9.53 Å². The van der Waals surface area contributed by atoms with Crippen LogP contribution in [0.3, 0.4) is 0 Å². The summed E-state index contributed by atoms with van der Waals surface area (Å²) in [7, 11) is 1.33. The molecule has 0 unspecified atom stereocenters. The molecule has 11 heavy (non-hydrogen) atoms. The van der Waals surface area contributed by atoms with Crippen LogP contribution < -0.4 is 5.73 Å². The van der Waals surface area contributed by atoms with Gasteiger partial charge in [0.2, 0.25) is 0 Å². The van der Waals surface area contributed by atoms with Crippen molar-refractivity contribution in [2.75, 3.05) is 7.11 Å². The second-order valence-corrected chi connectivity index (χ2v) is 2.44. The van der Waals surface area contributed by atoms with Gasteiger partial charge in [-0.05, 0) is 12.8 Å². The Hall–Kier alpha value is -0.830. The van der Waals surface area contributed by atoms with Crippen molar-refractivity contribution in [3.63, 3.8) is 0 Å². The third-order valence-corrected chi connectivity index (χ3v) is 1.51. The topological polar surface area (TPSA) is 52.3 Å². The van der Waals surface area contributed by atoms with Crippen LogP contribution in [0.4, 0.5) is 0 Å². The zero-order valence-corrected chi connectivity index (χ0v) is 7.09. The summed E-state index contributed by atoms with van der Waals surface area (Å²) in [4.78, 5) is 10.8. The van der Waals surface area contributed by atoms with Crippen LogP contribution in [0.2, 0.25) is 0 Å². The maximum atomic E-state index is 10.8. The third kappa shape index (κ3) is 3.78. The summed E-state index contributed by atoms with van der Waals surface area (Å²) in [6.45, 7) is 5.72. The predicted octanol–water partition coefficient (Wildman–Crippen LogP) is 0.843. The first-order valence-corrected chi connectivity index (χ1v) is 3.61. The van der Waals surface area contributed by atoms with E-state index in [0.717, 1.165) is 12.0 Å². The first kappa shape index (κ1) is 10.2. The lowest BCUT2D eigenvalue weighted by Crippen LogP contribution is -2.31. The first-order chi connectivity index (χ1) is 5.11. The predicted molar refractivity (Wildman–Crippen MR) is 44.0 cm³/mol. The van der Waals surface area contributed by atoms with E-state index >= 15 is 0 Å². The number of esters is 1. The molecule has 2 N–H and O–H groups in total. The van der Waals surface area contributed by atoms with Crippen LogP contribution in [0.25, 0.3) is 0 Å². The minimum Gasteiger partial charge on any atom is -0.468 e. The first-order valence-electron chi connectivity index (χ1n) is 3.61. The largest absolute Gasteiger partial charge is 0.468 e. The second-order valence-electron chi connectivity index (χ2n) is 2.44. The number of carbonyl (C=O) groups excluding carboxylic acids is 1. The highest BCUT2D eigenvalue weighted by Crippen LogP contribution is 2.05. The summed E-state index contributed by atoms with van der Waals surface area (Å²) in [6.07, 6.45) is 1.37. The molecule has 0 aromatic carbocycles. The summed E-state index contributed by atoms with van der Waals surface area (Å²) in [5.74, 6) is -0.375. The monoisotopic (exact) mass is 157 g/mol. The Labute approximate surface area is 67.2 Å². The van der Waals surface area contributed by atoms with E-state index in [1.54, 1.807) is 0 Å². The highest BCUT2D eigenvalue weighted by molar-refractivity contribution is 5.75. The fraction of sp³-hybridized carbons (Fsp3) is 0.625. The van der Waals surface area contributed by atoms with Crippen molar-refractivity contribution in [2.24, 2.45) is 5.73 Å². The van der Waals surface area contributed by atoms with Gasteiger partial charge < -0.3 is 10.5 Å². The van der Waals surface area contributed by atoms with E-state index in [0.29, 0.717) is 6.42 Å².